The molecule has 1 aliphatic rings. The first-order valence-corrected chi connectivity index (χ1v) is 9.02. The van der Waals surface area contributed by atoms with Crippen molar-refractivity contribution in [2.75, 3.05) is 20.1 Å². The van der Waals surface area contributed by atoms with Crippen molar-refractivity contribution in [2.45, 2.75) is 18.9 Å². The molecule has 5 nitrogen and oxygen atoms in total. The van der Waals surface area contributed by atoms with E-state index in [1.165, 1.54) is 11.5 Å². The average molecular weight is 340 g/mol. The molecular formula is C18H20N4OS. The number of piperidine rings is 1. The normalized spacial score (nSPS) is 16.4. The topological polar surface area (TPSA) is 43.2 Å². The van der Waals surface area contributed by atoms with Crippen LogP contribution < -0.4 is 4.74 Å². The van der Waals surface area contributed by atoms with Crippen LogP contribution in [0.4, 0.5) is 0 Å². The summed E-state index contributed by atoms with van der Waals surface area (Å²) in [5.74, 6) is 1.85. The van der Waals surface area contributed by atoms with Gasteiger partial charge in [0, 0.05) is 42.1 Å². The number of hydrogen-bond acceptors (Lipinski definition) is 5. The molecule has 6 heteroatoms. The van der Waals surface area contributed by atoms with Crippen molar-refractivity contribution < 1.29 is 4.74 Å². The van der Waals surface area contributed by atoms with E-state index in [9.17, 15) is 0 Å². The van der Waals surface area contributed by atoms with Crippen molar-refractivity contribution in [3.05, 3.63) is 48.2 Å². The zero-order valence-corrected chi connectivity index (χ0v) is 14.4. The van der Waals surface area contributed by atoms with E-state index in [2.05, 4.69) is 38.0 Å². The van der Waals surface area contributed by atoms with E-state index >= 15 is 0 Å². The molecule has 124 valence electrons. The average Bonchev–Trinajstić information content (AvgIpc) is 3.28. The molecule has 24 heavy (non-hydrogen) atoms. The maximum atomic E-state index is 6.12. The molecule has 0 aliphatic carbocycles. The highest BCUT2D eigenvalue weighted by Crippen LogP contribution is 2.24. The van der Waals surface area contributed by atoms with E-state index < -0.39 is 0 Å². The van der Waals surface area contributed by atoms with Crippen LogP contribution in [0.1, 0.15) is 12.8 Å². The molecule has 0 saturated carbocycles. The lowest BCUT2D eigenvalue weighted by Gasteiger charge is -2.29. The highest BCUT2D eigenvalue weighted by molar-refractivity contribution is 7.03. The maximum Gasteiger partial charge on any atom is 0.146 e. The second-order valence-corrected chi connectivity index (χ2v) is 6.81. The molecule has 0 radical (unpaired) electrons. The minimum atomic E-state index is 0.327. The predicted molar refractivity (Wildman–Crippen MR) is 95.8 cm³/mol. The Morgan fingerprint density at radius 1 is 1.17 bits per heavy atom. The molecule has 3 aromatic rings. The minimum Gasteiger partial charge on any atom is -0.490 e. The van der Waals surface area contributed by atoms with Crippen molar-refractivity contribution >= 4 is 11.5 Å². The lowest BCUT2D eigenvalue weighted by atomic mass is 10.1. The van der Waals surface area contributed by atoms with Gasteiger partial charge in [-0.1, -0.05) is 0 Å². The van der Waals surface area contributed by atoms with Crippen molar-refractivity contribution in [3.8, 4) is 22.8 Å². The Hall–Kier alpha value is -2.18. The molecule has 1 aliphatic heterocycles. The first-order chi connectivity index (χ1) is 11.8. The molecule has 0 amide bonds. The van der Waals surface area contributed by atoms with Gasteiger partial charge in [-0.2, -0.15) is 0 Å². The van der Waals surface area contributed by atoms with Crippen molar-refractivity contribution in [1.82, 2.24) is 18.8 Å². The fraction of sp³-hybridized carbons (Fsp3) is 0.333. The summed E-state index contributed by atoms with van der Waals surface area (Å²) in [5.41, 5.74) is 2.11. The van der Waals surface area contributed by atoms with Gasteiger partial charge in [0.2, 0.25) is 0 Å². The Kier molecular flexibility index (Phi) is 4.32. The molecular weight excluding hydrogens is 320 g/mol. The highest BCUT2D eigenvalue weighted by Gasteiger charge is 2.18. The first kappa shape index (κ1) is 15.4. The lowest BCUT2D eigenvalue weighted by Crippen LogP contribution is -2.35. The van der Waals surface area contributed by atoms with Crippen LogP contribution >= 0.6 is 11.5 Å². The number of likely N-dealkylation sites (tertiary alicyclic amines) is 1. The zero-order chi connectivity index (χ0) is 16.4. The quantitative estimate of drug-likeness (QED) is 0.729. The Labute approximate surface area is 145 Å². The van der Waals surface area contributed by atoms with Gasteiger partial charge in [-0.15, -0.1) is 0 Å². The Morgan fingerprint density at radius 2 is 1.96 bits per heavy atom. The minimum absolute atomic E-state index is 0.327. The summed E-state index contributed by atoms with van der Waals surface area (Å²) >= 11 is 1.44. The summed E-state index contributed by atoms with van der Waals surface area (Å²) in [6.07, 6.45) is 8.15. The molecule has 1 fully saturated rings. The summed E-state index contributed by atoms with van der Waals surface area (Å²) in [4.78, 5) is 6.80. The van der Waals surface area contributed by atoms with E-state index in [-0.39, 0.29) is 0 Å². The van der Waals surface area contributed by atoms with Gasteiger partial charge in [0.05, 0.1) is 6.20 Å². The standard InChI is InChI=1S/C18H20N4OS/c1-21-9-6-17(7-10-21)23-16-4-2-15(3-5-16)22-11-8-19-18(22)14-12-20-24-13-14/h2-5,8,11-13,17H,6-7,9-10H2,1H3. The number of ether oxygens (including phenoxy) is 1. The number of nitrogens with zero attached hydrogens (tertiary/aromatic N) is 4. The van der Waals surface area contributed by atoms with Crippen LogP contribution in [0.25, 0.3) is 17.1 Å². The van der Waals surface area contributed by atoms with Crippen LogP contribution in [0.2, 0.25) is 0 Å². The van der Waals surface area contributed by atoms with Crippen LogP contribution in [0.15, 0.2) is 48.2 Å². The molecule has 4 rings (SSSR count). The van der Waals surface area contributed by atoms with Crippen LogP contribution in [-0.4, -0.2) is 45.1 Å². The van der Waals surface area contributed by atoms with Crippen LogP contribution in [0.3, 0.4) is 0 Å². The van der Waals surface area contributed by atoms with Crippen molar-refractivity contribution in [2.24, 2.45) is 0 Å². The predicted octanol–water partition coefficient (Wildman–Crippen LogP) is 3.47. The zero-order valence-electron chi connectivity index (χ0n) is 13.6. The molecule has 0 bridgehead atoms. The van der Waals surface area contributed by atoms with E-state index in [4.69, 9.17) is 4.74 Å². The summed E-state index contributed by atoms with van der Waals surface area (Å²) in [5, 5.41) is 2.01. The van der Waals surface area contributed by atoms with Crippen LogP contribution in [0.5, 0.6) is 5.75 Å². The van der Waals surface area contributed by atoms with Gasteiger partial charge < -0.3 is 9.64 Å². The Bertz CT molecular complexity index is 774. The fourth-order valence-electron chi connectivity index (χ4n) is 3.02. The first-order valence-electron chi connectivity index (χ1n) is 8.18. The van der Waals surface area contributed by atoms with Gasteiger partial charge >= 0.3 is 0 Å². The third-order valence-corrected chi connectivity index (χ3v) is 5.00. The van der Waals surface area contributed by atoms with Gasteiger partial charge in [-0.05, 0) is 55.7 Å². The maximum absolute atomic E-state index is 6.12. The van der Waals surface area contributed by atoms with Gasteiger partial charge in [-0.25, -0.2) is 9.36 Å². The number of benzene rings is 1. The Balaban J connectivity index is 1.50. The monoisotopic (exact) mass is 340 g/mol. The van der Waals surface area contributed by atoms with E-state index in [0.717, 1.165) is 48.8 Å². The molecule has 3 heterocycles. The SMILES string of the molecule is CN1CCC(Oc2ccc(-n3ccnc3-c3cnsc3)cc2)CC1. The summed E-state index contributed by atoms with van der Waals surface area (Å²) in [6, 6.07) is 8.25. The molecule has 0 atom stereocenters. The lowest BCUT2D eigenvalue weighted by molar-refractivity contribution is 0.114. The molecule has 1 saturated heterocycles. The Morgan fingerprint density at radius 3 is 2.67 bits per heavy atom. The van der Waals surface area contributed by atoms with Crippen LogP contribution in [0, 0.1) is 0 Å². The number of aromatic nitrogens is 3. The third-order valence-electron chi connectivity index (χ3n) is 4.41. The molecule has 0 spiro atoms. The molecule has 1 aromatic carbocycles. The summed E-state index contributed by atoms with van der Waals surface area (Å²) < 4.78 is 12.4. The van der Waals surface area contributed by atoms with Crippen molar-refractivity contribution in [3.63, 3.8) is 0 Å². The van der Waals surface area contributed by atoms with E-state index in [1.54, 1.807) is 0 Å². The molecule has 0 unspecified atom stereocenters. The largest absolute Gasteiger partial charge is 0.490 e. The number of imidazole rings is 1. The molecule has 0 N–H and O–H groups in total. The molecule has 2 aromatic heterocycles. The van der Waals surface area contributed by atoms with Gasteiger partial charge in [0.15, 0.2) is 0 Å². The van der Waals surface area contributed by atoms with Gasteiger partial charge in [0.25, 0.3) is 0 Å². The third kappa shape index (κ3) is 3.20. The highest BCUT2D eigenvalue weighted by atomic mass is 32.1. The van der Waals surface area contributed by atoms with E-state index in [0.29, 0.717) is 6.10 Å². The summed E-state index contributed by atoms with van der Waals surface area (Å²) in [6.45, 7) is 2.21. The fourth-order valence-corrected chi connectivity index (χ4v) is 3.54. The van der Waals surface area contributed by atoms with Crippen molar-refractivity contribution in [1.29, 1.82) is 0 Å². The second-order valence-electron chi connectivity index (χ2n) is 6.15. The smallest absolute Gasteiger partial charge is 0.146 e. The van der Waals surface area contributed by atoms with Gasteiger partial charge in [0.1, 0.15) is 17.7 Å². The summed E-state index contributed by atoms with van der Waals surface area (Å²) in [7, 11) is 2.16. The number of rotatable bonds is 4. The number of hydrogen-bond donors (Lipinski definition) is 0. The van der Waals surface area contributed by atoms with Crippen LogP contribution in [-0.2, 0) is 0 Å². The van der Waals surface area contributed by atoms with E-state index in [1.807, 2.05) is 36.1 Å². The van der Waals surface area contributed by atoms with Gasteiger partial charge in [-0.3, -0.25) is 4.57 Å². The second kappa shape index (κ2) is 6.75.